The maximum atomic E-state index is 12.2. The van der Waals surface area contributed by atoms with E-state index >= 15 is 0 Å². The summed E-state index contributed by atoms with van der Waals surface area (Å²) in [6.07, 6.45) is 0.968. The highest BCUT2D eigenvalue weighted by Gasteiger charge is 2.11. The van der Waals surface area contributed by atoms with E-state index in [2.05, 4.69) is 40.6 Å². The van der Waals surface area contributed by atoms with Gasteiger partial charge in [-0.3, -0.25) is 20.4 Å². The number of benzene rings is 2. The van der Waals surface area contributed by atoms with Gasteiger partial charge in [0.1, 0.15) is 11.5 Å². The van der Waals surface area contributed by atoms with E-state index in [-0.39, 0.29) is 6.61 Å². The quantitative estimate of drug-likeness (QED) is 0.572. The molecule has 0 fully saturated rings. The fraction of sp³-hybridized carbons (Fsp3) is 0.364. The summed E-state index contributed by atoms with van der Waals surface area (Å²) < 4.78 is 12.2. The second-order valence-electron chi connectivity index (χ2n) is 7.22. The fourth-order valence-corrected chi connectivity index (χ4v) is 3.30. The molecule has 2 amide bonds. The van der Waals surface area contributed by atoms with Gasteiger partial charge in [0, 0.05) is 10.0 Å². The first-order chi connectivity index (χ1) is 13.8. The van der Waals surface area contributed by atoms with Gasteiger partial charge >= 0.3 is 0 Å². The Morgan fingerprint density at radius 1 is 1.00 bits per heavy atom. The van der Waals surface area contributed by atoms with Crippen LogP contribution in [0.3, 0.4) is 0 Å². The van der Waals surface area contributed by atoms with E-state index in [9.17, 15) is 9.59 Å². The van der Waals surface area contributed by atoms with Crippen LogP contribution in [0.15, 0.2) is 40.9 Å². The number of hydrogen-bond acceptors (Lipinski definition) is 4. The summed E-state index contributed by atoms with van der Waals surface area (Å²) in [4.78, 5) is 24.2. The third-order valence-corrected chi connectivity index (χ3v) is 4.63. The average molecular weight is 463 g/mol. The molecular weight excluding hydrogens is 436 g/mol. The van der Waals surface area contributed by atoms with Crippen molar-refractivity contribution in [2.75, 3.05) is 13.2 Å². The summed E-state index contributed by atoms with van der Waals surface area (Å²) in [7, 11) is 0. The van der Waals surface area contributed by atoms with Crippen LogP contribution in [0, 0.1) is 19.8 Å². The Hall–Kier alpha value is -2.54. The van der Waals surface area contributed by atoms with Crippen molar-refractivity contribution in [3.05, 3.63) is 57.6 Å². The molecule has 0 aliphatic rings. The van der Waals surface area contributed by atoms with Crippen molar-refractivity contribution in [1.29, 1.82) is 0 Å². The molecule has 0 aromatic heterocycles. The van der Waals surface area contributed by atoms with Crippen molar-refractivity contribution in [2.24, 2.45) is 5.92 Å². The number of carbonyl (C=O) groups excluding carboxylic acids is 2. The molecule has 0 spiro atoms. The summed E-state index contributed by atoms with van der Waals surface area (Å²) in [5.74, 6) is 1.07. The number of halogens is 1. The first-order valence-electron chi connectivity index (χ1n) is 9.48. The van der Waals surface area contributed by atoms with E-state index in [0.29, 0.717) is 29.6 Å². The van der Waals surface area contributed by atoms with Gasteiger partial charge in [-0.2, -0.15) is 0 Å². The lowest BCUT2D eigenvalue weighted by atomic mass is 10.1. The normalized spacial score (nSPS) is 10.6. The van der Waals surface area contributed by atoms with Gasteiger partial charge in [0.2, 0.25) is 0 Å². The van der Waals surface area contributed by atoms with Crippen LogP contribution >= 0.6 is 15.9 Å². The lowest BCUT2D eigenvalue weighted by molar-refractivity contribution is -0.123. The minimum atomic E-state index is -0.450. The zero-order chi connectivity index (χ0) is 21.4. The first-order valence-corrected chi connectivity index (χ1v) is 10.3. The Morgan fingerprint density at radius 3 is 2.21 bits per heavy atom. The van der Waals surface area contributed by atoms with Gasteiger partial charge in [0.05, 0.1) is 6.61 Å². The van der Waals surface area contributed by atoms with Gasteiger partial charge in [0.25, 0.3) is 11.8 Å². The van der Waals surface area contributed by atoms with Crippen LogP contribution in [0.4, 0.5) is 0 Å². The SMILES string of the molecule is Cc1cc(Br)cc(C)c1OCC(=O)NNC(=O)c1ccc(OCCC(C)C)cc1. The number of rotatable bonds is 8. The lowest BCUT2D eigenvalue weighted by Crippen LogP contribution is -2.43. The molecule has 0 saturated carbocycles. The predicted molar refractivity (Wildman–Crippen MR) is 116 cm³/mol. The van der Waals surface area contributed by atoms with E-state index in [0.717, 1.165) is 22.0 Å². The summed E-state index contributed by atoms with van der Waals surface area (Å²) in [5, 5.41) is 0. The van der Waals surface area contributed by atoms with Crippen LogP contribution in [0.2, 0.25) is 0 Å². The number of hydrazine groups is 1. The van der Waals surface area contributed by atoms with Crippen molar-refractivity contribution in [1.82, 2.24) is 10.9 Å². The minimum Gasteiger partial charge on any atom is -0.494 e. The van der Waals surface area contributed by atoms with Gasteiger partial charge < -0.3 is 9.47 Å². The van der Waals surface area contributed by atoms with Crippen molar-refractivity contribution in [3.63, 3.8) is 0 Å². The van der Waals surface area contributed by atoms with Crippen molar-refractivity contribution in [3.8, 4) is 11.5 Å². The molecule has 0 saturated heterocycles. The molecule has 6 nitrogen and oxygen atoms in total. The van der Waals surface area contributed by atoms with Crippen LogP contribution in [-0.4, -0.2) is 25.0 Å². The third-order valence-electron chi connectivity index (χ3n) is 4.17. The minimum absolute atomic E-state index is 0.202. The average Bonchev–Trinajstić information content (AvgIpc) is 2.65. The van der Waals surface area contributed by atoms with Gasteiger partial charge in [-0.15, -0.1) is 0 Å². The first kappa shape index (κ1) is 22.7. The molecule has 2 aromatic carbocycles. The van der Waals surface area contributed by atoms with Crippen LogP contribution in [0.5, 0.6) is 11.5 Å². The molecule has 0 aliphatic heterocycles. The molecule has 156 valence electrons. The van der Waals surface area contributed by atoms with Gasteiger partial charge in [-0.25, -0.2) is 0 Å². The molecule has 0 heterocycles. The summed E-state index contributed by atoms with van der Waals surface area (Å²) in [6, 6.07) is 10.6. The molecule has 2 rings (SSSR count). The van der Waals surface area contributed by atoms with Crippen LogP contribution in [-0.2, 0) is 4.79 Å². The highest BCUT2D eigenvalue weighted by Crippen LogP contribution is 2.27. The largest absolute Gasteiger partial charge is 0.494 e. The van der Waals surface area contributed by atoms with Crippen molar-refractivity contribution >= 4 is 27.7 Å². The number of aryl methyl sites for hydroxylation is 2. The molecule has 2 aromatic rings. The van der Waals surface area contributed by atoms with Crippen molar-refractivity contribution < 1.29 is 19.1 Å². The summed E-state index contributed by atoms with van der Waals surface area (Å²) in [5.41, 5.74) is 7.00. The second kappa shape index (κ2) is 10.9. The monoisotopic (exact) mass is 462 g/mol. The maximum Gasteiger partial charge on any atom is 0.276 e. The molecule has 7 heteroatoms. The fourth-order valence-electron chi connectivity index (χ4n) is 2.61. The Labute approximate surface area is 180 Å². The van der Waals surface area contributed by atoms with E-state index in [4.69, 9.17) is 9.47 Å². The molecule has 0 aliphatic carbocycles. The molecular formula is C22H27BrN2O4. The lowest BCUT2D eigenvalue weighted by Gasteiger charge is -2.13. The van der Waals surface area contributed by atoms with Gasteiger partial charge in [0.15, 0.2) is 6.61 Å². The maximum absolute atomic E-state index is 12.2. The van der Waals surface area contributed by atoms with Crippen LogP contribution < -0.4 is 20.3 Å². The van der Waals surface area contributed by atoms with E-state index in [1.807, 2.05) is 26.0 Å². The van der Waals surface area contributed by atoms with E-state index < -0.39 is 11.8 Å². The van der Waals surface area contributed by atoms with Gasteiger partial charge in [-0.1, -0.05) is 29.8 Å². The molecule has 0 bridgehead atoms. The summed E-state index contributed by atoms with van der Waals surface area (Å²) in [6.45, 7) is 8.52. The van der Waals surface area contributed by atoms with Crippen LogP contribution in [0.25, 0.3) is 0 Å². The van der Waals surface area contributed by atoms with E-state index in [1.165, 1.54) is 0 Å². The smallest absolute Gasteiger partial charge is 0.276 e. The molecule has 2 N–H and O–H groups in total. The summed E-state index contributed by atoms with van der Waals surface area (Å²) >= 11 is 3.42. The number of hydrogen-bond donors (Lipinski definition) is 2. The van der Waals surface area contributed by atoms with Crippen molar-refractivity contribution in [2.45, 2.75) is 34.1 Å². The second-order valence-corrected chi connectivity index (χ2v) is 8.13. The number of ether oxygens (including phenoxy) is 2. The topological polar surface area (TPSA) is 76.7 Å². The third kappa shape index (κ3) is 7.42. The Balaban J connectivity index is 1.79. The van der Waals surface area contributed by atoms with E-state index in [1.54, 1.807) is 24.3 Å². The Bertz CT molecular complexity index is 827. The van der Waals surface area contributed by atoms with Gasteiger partial charge in [-0.05, 0) is 73.7 Å². The van der Waals surface area contributed by atoms with Crippen LogP contribution in [0.1, 0.15) is 41.8 Å². The zero-order valence-electron chi connectivity index (χ0n) is 17.2. The number of amides is 2. The number of nitrogens with one attached hydrogen (secondary N) is 2. The predicted octanol–water partition coefficient (Wildman–Crippen LogP) is 4.33. The Morgan fingerprint density at radius 2 is 1.62 bits per heavy atom. The standard InChI is InChI=1S/C22H27BrN2O4/c1-14(2)9-10-28-19-7-5-17(6-8-19)22(27)25-24-20(26)13-29-21-15(3)11-18(23)12-16(21)4/h5-8,11-12,14H,9-10,13H2,1-4H3,(H,24,26)(H,25,27). The molecule has 0 unspecified atom stereocenters. The Kier molecular flexibility index (Phi) is 8.51. The highest BCUT2D eigenvalue weighted by atomic mass is 79.9. The number of carbonyl (C=O) groups is 2. The molecule has 0 radical (unpaired) electrons. The molecule has 29 heavy (non-hydrogen) atoms. The molecule has 0 atom stereocenters. The highest BCUT2D eigenvalue weighted by molar-refractivity contribution is 9.10. The zero-order valence-corrected chi connectivity index (χ0v) is 18.8.